The molecule has 0 bridgehead atoms. The molecule has 0 radical (unpaired) electrons. The van der Waals surface area contributed by atoms with E-state index in [1.165, 1.54) is 17.1 Å². The zero-order chi connectivity index (χ0) is 20.6. The average molecular weight is 398 g/mol. The maximum Gasteiger partial charge on any atom is 0.277 e. The Hall–Kier alpha value is -3.53. The third-order valence-corrected chi connectivity index (χ3v) is 4.01. The van der Waals surface area contributed by atoms with Gasteiger partial charge in [0.1, 0.15) is 12.0 Å². The van der Waals surface area contributed by atoms with Crippen molar-refractivity contribution in [2.24, 2.45) is 7.05 Å². The summed E-state index contributed by atoms with van der Waals surface area (Å²) >= 11 is 0. The fourth-order valence-corrected chi connectivity index (χ4v) is 2.59. The van der Waals surface area contributed by atoms with Crippen LogP contribution in [0.4, 0.5) is 5.69 Å². The highest BCUT2D eigenvalue weighted by molar-refractivity contribution is 6.04. The highest BCUT2D eigenvalue weighted by Gasteiger charge is 2.17. The van der Waals surface area contributed by atoms with E-state index in [9.17, 15) is 9.59 Å². The Morgan fingerprint density at radius 3 is 3.03 bits per heavy atom. The standard InChI is InChI=1S/C19H22N6O4/c1-20-6-3-4-8-28-17-9-13(5-7-21-17)19-23-16(12-29-19)18(27)22-14-10-25(2)24-15(14)11-26/h5,7,9-12,20H,3-4,6,8H2,1-2H3,(H,22,27). The van der Waals surface area contributed by atoms with Crippen LogP contribution in [0.25, 0.3) is 11.5 Å². The Kier molecular flexibility index (Phi) is 6.69. The molecule has 10 heteroatoms. The number of aryl methyl sites for hydroxylation is 1. The summed E-state index contributed by atoms with van der Waals surface area (Å²) in [5.74, 6) is 0.215. The molecule has 2 N–H and O–H groups in total. The lowest BCUT2D eigenvalue weighted by Crippen LogP contribution is -2.13. The number of aldehydes is 1. The topological polar surface area (TPSA) is 124 Å². The van der Waals surface area contributed by atoms with E-state index in [0.717, 1.165) is 19.4 Å². The molecule has 0 saturated carbocycles. The molecule has 0 spiro atoms. The number of rotatable bonds is 10. The predicted molar refractivity (Wildman–Crippen MR) is 105 cm³/mol. The first kappa shape index (κ1) is 20.2. The van der Waals surface area contributed by atoms with Gasteiger partial charge in [0.05, 0.1) is 12.3 Å². The minimum atomic E-state index is -0.508. The third kappa shape index (κ3) is 5.26. The number of pyridine rings is 1. The lowest BCUT2D eigenvalue weighted by atomic mass is 10.2. The second kappa shape index (κ2) is 9.60. The summed E-state index contributed by atoms with van der Waals surface area (Å²) in [4.78, 5) is 31.8. The van der Waals surface area contributed by atoms with Crippen LogP contribution < -0.4 is 15.4 Å². The Morgan fingerprint density at radius 1 is 1.38 bits per heavy atom. The Morgan fingerprint density at radius 2 is 2.24 bits per heavy atom. The van der Waals surface area contributed by atoms with E-state index in [0.29, 0.717) is 30.0 Å². The van der Waals surface area contributed by atoms with Crippen molar-refractivity contribution in [2.75, 3.05) is 25.5 Å². The zero-order valence-electron chi connectivity index (χ0n) is 16.2. The molecule has 0 aliphatic carbocycles. The van der Waals surface area contributed by atoms with Crippen molar-refractivity contribution in [3.05, 3.63) is 42.2 Å². The van der Waals surface area contributed by atoms with Crippen LogP contribution in [-0.2, 0) is 7.05 Å². The fraction of sp³-hybridized carbons (Fsp3) is 0.316. The average Bonchev–Trinajstić information content (AvgIpc) is 3.35. The Labute approximate surface area is 167 Å². The second-order valence-corrected chi connectivity index (χ2v) is 6.25. The number of anilines is 1. The zero-order valence-corrected chi connectivity index (χ0v) is 16.2. The summed E-state index contributed by atoms with van der Waals surface area (Å²) in [5, 5.41) is 9.63. The molecule has 0 aliphatic rings. The fourth-order valence-electron chi connectivity index (χ4n) is 2.59. The maximum absolute atomic E-state index is 12.4. The number of ether oxygens (including phenoxy) is 1. The van der Waals surface area contributed by atoms with E-state index in [-0.39, 0.29) is 17.3 Å². The molecule has 3 rings (SSSR count). The number of hydrogen-bond acceptors (Lipinski definition) is 8. The second-order valence-electron chi connectivity index (χ2n) is 6.25. The number of carbonyl (C=O) groups excluding carboxylic acids is 2. The normalized spacial score (nSPS) is 10.7. The van der Waals surface area contributed by atoms with E-state index in [2.05, 4.69) is 25.7 Å². The lowest BCUT2D eigenvalue weighted by molar-refractivity contribution is 0.102. The van der Waals surface area contributed by atoms with Gasteiger partial charge in [-0.3, -0.25) is 14.3 Å². The van der Waals surface area contributed by atoms with Gasteiger partial charge in [-0.05, 0) is 32.5 Å². The molecule has 10 nitrogen and oxygen atoms in total. The molecule has 1 amide bonds. The lowest BCUT2D eigenvalue weighted by Gasteiger charge is -2.05. The Balaban J connectivity index is 1.65. The Bertz CT molecular complexity index is 981. The van der Waals surface area contributed by atoms with E-state index in [1.54, 1.807) is 25.4 Å². The summed E-state index contributed by atoms with van der Waals surface area (Å²) in [7, 11) is 3.56. The van der Waals surface area contributed by atoms with Gasteiger partial charge in [0.25, 0.3) is 5.91 Å². The number of aromatic nitrogens is 4. The van der Waals surface area contributed by atoms with Crippen LogP contribution in [0.3, 0.4) is 0 Å². The summed E-state index contributed by atoms with van der Waals surface area (Å²) < 4.78 is 12.5. The van der Waals surface area contributed by atoms with Gasteiger partial charge in [-0.25, -0.2) is 9.97 Å². The van der Waals surface area contributed by atoms with Gasteiger partial charge in [-0.2, -0.15) is 5.10 Å². The van der Waals surface area contributed by atoms with Gasteiger partial charge in [0, 0.05) is 31.1 Å². The molecule has 0 saturated heterocycles. The van der Waals surface area contributed by atoms with Crippen LogP contribution in [0, 0.1) is 0 Å². The molecule has 0 unspecified atom stereocenters. The number of oxazole rings is 1. The van der Waals surface area contributed by atoms with Crippen molar-refractivity contribution in [3.63, 3.8) is 0 Å². The van der Waals surface area contributed by atoms with Crippen molar-refractivity contribution >= 4 is 17.9 Å². The van der Waals surface area contributed by atoms with Crippen molar-refractivity contribution in [1.29, 1.82) is 0 Å². The number of nitrogens with one attached hydrogen (secondary N) is 2. The quantitative estimate of drug-likeness (QED) is 0.392. The number of unbranched alkanes of at least 4 members (excludes halogenated alkanes) is 1. The van der Waals surface area contributed by atoms with Gasteiger partial charge >= 0.3 is 0 Å². The molecule has 3 aromatic heterocycles. The minimum absolute atomic E-state index is 0.0760. The smallest absolute Gasteiger partial charge is 0.277 e. The highest BCUT2D eigenvalue weighted by atomic mass is 16.5. The number of carbonyl (C=O) groups is 2. The summed E-state index contributed by atoms with van der Waals surface area (Å²) in [6.45, 7) is 1.49. The van der Waals surface area contributed by atoms with Gasteiger partial charge in [-0.15, -0.1) is 0 Å². The van der Waals surface area contributed by atoms with Crippen LogP contribution in [-0.4, -0.2) is 52.1 Å². The van der Waals surface area contributed by atoms with Crippen molar-refractivity contribution in [3.8, 4) is 17.3 Å². The van der Waals surface area contributed by atoms with Gasteiger partial charge in [0.2, 0.25) is 11.8 Å². The first-order valence-electron chi connectivity index (χ1n) is 9.10. The summed E-state index contributed by atoms with van der Waals surface area (Å²) in [5.41, 5.74) is 1.15. The number of amides is 1. The maximum atomic E-state index is 12.4. The first-order chi connectivity index (χ1) is 14.1. The monoisotopic (exact) mass is 398 g/mol. The molecule has 3 aromatic rings. The van der Waals surface area contributed by atoms with Crippen LogP contribution in [0.2, 0.25) is 0 Å². The molecule has 29 heavy (non-hydrogen) atoms. The summed E-state index contributed by atoms with van der Waals surface area (Å²) in [6.07, 6.45) is 6.87. The highest BCUT2D eigenvalue weighted by Crippen LogP contribution is 2.22. The molecule has 0 fully saturated rings. The van der Waals surface area contributed by atoms with E-state index in [4.69, 9.17) is 9.15 Å². The van der Waals surface area contributed by atoms with E-state index >= 15 is 0 Å². The minimum Gasteiger partial charge on any atom is -0.478 e. The van der Waals surface area contributed by atoms with Crippen LogP contribution in [0.1, 0.15) is 33.8 Å². The van der Waals surface area contributed by atoms with Crippen molar-refractivity contribution in [2.45, 2.75) is 12.8 Å². The molecule has 152 valence electrons. The number of nitrogens with zero attached hydrogens (tertiary/aromatic N) is 4. The van der Waals surface area contributed by atoms with Crippen LogP contribution >= 0.6 is 0 Å². The number of hydrogen-bond donors (Lipinski definition) is 2. The SMILES string of the molecule is CNCCCCOc1cc(-c2nc(C(=O)Nc3cn(C)nc3C=O)co2)ccn1. The molecule has 3 heterocycles. The van der Waals surface area contributed by atoms with E-state index in [1.807, 2.05) is 7.05 Å². The molecular weight excluding hydrogens is 376 g/mol. The molecule has 0 aliphatic heterocycles. The van der Waals surface area contributed by atoms with Crippen LogP contribution in [0.5, 0.6) is 5.88 Å². The molecular formula is C19H22N6O4. The van der Waals surface area contributed by atoms with Crippen LogP contribution in [0.15, 0.2) is 35.2 Å². The largest absolute Gasteiger partial charge is 0.478 e. The van der Waals surface area contributed by atoms with Gasteiger partial charge in [0.15, 0.2) is 12.0 Å². The molecule has 0 atom stereocenters. The third-order valence-electron chi connectivity index (χ3n) is 4.01. The summed E-state index contributed by atoms with van der Waals surface area (Å²) in [6, 6.07) is 3.42. The van der Waals surface area contributed by atoms with Gasteiger partial charge < -0.3 is 19.8 Å². The predicted octanol–water partition coefficient (Wildman–Crippen LogP) is 1.91. The van der Waals surface area contributed by atoms with Crippen molar-refractivity contribution < 1.29 is 18.7 Å². The first-order valence-corrected chi connectivity index (χ1v) is 9.10. The van der Waals surface area contributed by atoms with E-state index < -0.39 is 5.91 Å². The van der Waals surface area contributed by atoms with Gasteiger partial charge in [-0.1, -0.05) is 0 Å². The van der Waals surface area contributed by atoms with Crippen molar-refractivity contribution in [1.82, 2.24) is 25.1 Å². The molecule has 0 aromatic carbocycles.